The van der Waals surface area contributed by atoms with Crippen molar-refractivity contribution in [3.63, 3.8) is 0 Å². The number of nitrogens with two attached hydrogens (primary N) is 1. The van der Waals surface area contributed by atoms with Gasteiger partial charge in [0.25, 0.3) is 5.91 Å². The van der Waals surface area contributed by atoms with Crippen molar-refractivity contribution in [1.29, 1.82) is 0 Å². The Bertz CT molecular complexity index is 712. The van der Waals surface area contributed by atoms with Gasteiger partial charge in [-0.2, -0.15) is 5.10 Å². The number of hydrogen-bond acceptors (Lipinski definition) is 3. The maximum atomic E-state index is 12.5. The van der Waals surface area contributed by atoms with Crippen molar-refractivity contribution in [2.75, 3.05) is 13.1 Å². The van der Waals surface area contributed by atoms with Crippen LogP contribution < -0.4 is 5.73 Å². The van der Waals surface area contributed by atoms with Gasteiger partial charge in [-0.3, -0.25) is 14.7 Å². The molecule has 1 aromatic heterocycles. The molecule has 1 aromatic carbocycles. The summed E-state index contributed by atoms with van der Waals surface area (Å²) in [5.41, 5.74) is 8.69. The fourth-order valence-electron chi connectivity index (χ4n) is 2.84. The van der Waals surface area contributed by atoms with Crippen LogP contribution in [-0.2, 0) is 4.79 Å². The summed E-state index contributed by atoms with van der Waals surface area (Å²) in [4.78, 5) is 25.4. The van der Waals surface area contributed by atoms with Crippen molar-refractivity contribution in [1.82, 2.24) is 15.1 Å². The summed E-state index contributed by atoms with van der Waals surface area (Å²) in [5.74, 6) is -0.483. The van der Waals surface area contributed by atoms with Crippen LogP contribution in [0.25, 0.3) is 11.3 Å². The van der Waals surface area contributed by atoms with E-state index in [4.69, 9.17) is 5.73 Å². The first-order chi connectivity index (χ1) is 11.0. The van der Waals surface area contributed by atoms with Gasteiger partial charge >= 0.3 is 0 Å². The van der Waals surface area contributed by atoms with Crippen molar-refractivity contribution < 1.29 is 9.59 Å². The molecule has 0 unspecified atom stereocenters. The second kappa shape index (κ2) is 6.24. The molecule has 6 nitrogen and oxygen atoms in total. The molecular formula is C17H20N4O2. The summed E-state index contributed by atoms with van der Waals surface area (Å²) >= 11 is 0. The van der Waals surface area contributed by atoms with Crippen LogP contribution in [0, 0.1) is 12.8 Å². The summed E-state index contributed by atoms with van der Waals surface area (Å²) < 4.78 is 0. The Labute approximate surface area is 134 Å². The second-order valence-electron chi connectivity index (χ2n) is 6.00. The molecule has 1 aliphatic heterocycles. The molecule has 1 fully saturated rings. The number of aromatic nitrogens is 2. The molecule has 120 valence electrons. The number of piperidine rings is 1. The van der Waals surface area contributed by atoms with Gasteiger partial charge in [0.05, 0.1) is 5.69 Å². The van der Waals surface area contributed by atoms with Crippen LogP contribution in [0.2, 0.25) is 0 Å². The molecule has 1 saturated heterocycles. The molecular weight excluding hydrogens is 292 g/mol. The highest BCUT2D eigenvalue weighted by Gasteiger charge is 2.27. The number of benzene rings is 1. The lowest BCUT2D eigenvalue weighted by atomic mass is 9.96. The predicted molar refractivity (Wildman–Crippen MR) is 86.6 cm³/mol. The number of nitrogens with zero attached hydrogens (tertiary/aromatic N) is 2. The minimum absolute atomic E-state index is 0.0845. The van der Waals surface area contributed by atoms with E-state index in [2.05, 4.69) is 10.2 Å². The van der Waals surface area contributed by atoms with Crippen molar-refractivity contribution >= 4 is 11.8 Å². The third kappa shape index (κ3) is 3.26. The number of carbonyl (C=O) groups excluding carboxylic acids is 2. The summed E-state index contributed by atoms with van der Waals surface area (Å²) in [5, 5.41) is 7.05. The monoisotopic (exact) mass is 312 g/mol. The molecule has 3 rings (SSSR count). The van der Waals surface area contributed by atoms with Gasteiger partial charge in [-0.1, -0.05) is 29.8 Å². The topological polar surface area (TPSA) is 92.1 Å². The highest BCUT2D eigenvalue weighted by molar-refractivity contribution is 5.93. The van der Waals surface area contributed by atoms with E-state index in [9.17, 15) is 9.59 Å². The largest absolute Gasteiger partial charge is 0.369 e. The number of aromatic amines is 1. The maximum Gasteiger partial charge on any atom is 0.271 e. The lowest BCUT2D eigenvalue weighted by molar-refractivity contribution is -0.123. The number of aryl methyl sites for hydroxylation is 1. The predicted octanol–water partition coefficient (Wildman–Crippen LogP) is 1.72. The Hall–Kier alpha value is -2.63. The zero-order chi connectivity index (χ0) is 16.4. The van der Waals surface area contributed by atoms with E-state index < -0.39 is 0 Å². The van der Waals surface area contributed by atoms with E-state index >= 15 is 0 Å². The summed E-state index contributed by atoms with van der Waals surface area (Å²) in [6.07, 6.45) is 1.25. The molecule has 0 saturated carbocycles. The van der Waals surface area contributed by atoms with Crippen LogP contribution >= 0.6 is 0 Å². The quantitative estimate of drug-likeness (QED) is 0.904. The van der Waals surface area contributed by atoms with E-state index in [0.29, 0.717) is 31.6 Å². The summed E-state index contributed by atoms with van der Waals surface area (Å²) in [7, 11) is 0. The lowest BCUT2D eigenvalue weighted by Crippen LogP contribution is -2.41. The van der Waals surface area contributed by atoms with Crippen LogP contribution in [0.4, 0.5) is 0 Å². The average molecular weight is 312 g/mol. The third-order valence-corrected chi connectivity index (χ3v) is 4.34. The molecule has 0 radical (unpaired) electrons. The van der Waals surface area contributed by atoms with Crippen molar-refractivity contribution in [2.24, 2.45) is 11.7 Å². The number of hydrogen-bond donors (Lipinski definition) is 2. The highest BCUT2D eigenvalue weighted by Crippen LogP contribution is 2.21. The molecule has 0 aliphatic carbocycles. The van der Waals surface area contributed by atoms with E-state index in [1.165, 1.54) is 5.56 Å². The number of primary amides is 1. The zero-order valence-electron chi connectivity index (χ0n) is 13.1. The summed E-state index contributed by atoms with van der Waals surface area (Å²) in [6, 6.07) is 9.77. The fraction of sp³-hybridized carbons (Fsp3) is 0.353. The number of likely N-dealkylation sites (tertiary alicyclic amines) is 1. The van der Waals surface area contributed by atoms with Gasteiger partial charge in [0.1, 0.15) is 5.69 Å². The second-order valence-corrected chi connectivity index (χ2v) is 6.00. The normalized spacial score (nSPS) is 15.6. The fourth-order valence-corrected chi connectivity index (χ4v) is 2.84. The number of H-pyrrole nitrogens is 1. The summed E-state index contributed by atoms with van der Waals surface area (Å²) in [6.45, 7) is 3.12. The van der Waals surface area contributed by atoms with Crippen LogP contribution in [0.1, 0.15) is 28.9 Å². The maximum absolute atomic E-state index is 12.5. The molecule has 3 N–H and O–H groups in total. The SMILES string of the molecule is Cc1ccc(-c2cc(C(=O)N3CCC(C(N)=O)CC3)[nH]n2)cc1. The van der Waals surface area contributed by atoms with Gasteiger partial charge in [0.2, 0.25) is 5.91 Å². The average Bonchev–Trinajstić information content (AvgIpc) is 3.05. The number of nitrogens with one attached hydrogen (secondary N) is 1. The number of rotatable bonds is 3. The number of amides is 2. The van der Waals surface area contributed by atoms with E-state index in [0.717, 1.165) is 11.3 Å². The van der Waals surface area contributed by atoms with Gasteiger partial charge in [0, 0.05) is 24.6 Å². The van der Waals surface area contributed by atoms with Gasteiger partial charge in [-0.25, -0.2) is 0 Å². The first-order valence-electron chi connectivity index (χ1n) is 7.75. The molecule has 0 atom stereocenters. The molecule has 6 heteroatoms. The molecule has 2 heterocycles. The van der Waals surface area contributed by atoms with Gasteiger partial charge in [-0.05, 0) is 25.8 Å². The Morgan fingerprint density at radius 1 is 1.22 bits per heavy atom. The molecule has 2 aromatic rings. The van der Waals surface area contributed by atoms with Crippen LogP contribution in [0.3, 0.4) is 0 Å². The smallest absolute Gasteiger partial charge is 0.271 e. The lowest BCUT2D eigenvalue weighted by Gasteiger charge is -2.30. The third-order valence-electron chi connectivity index (χ3n) is 4.34. The zero-order valence-corrected chi connectivity index (χ0v) is 13.1. The number of carbonyl (C=O) groups is 2. The Morgan fingerprint density at radius 2 is 1.87 bits per heavy atom. The molecule has 0 bridgehead atoms. The minimum atomic E-state index is -0.278. The molecule has 0 spiro atoms. The van der Waals surface area contributed by atoms with Crippen LogP contribution in [-0.4, -0.2) is 40.0 Å². The van der Waals surface area contributed by atoms with Crippen LogP contribution in [0.15, 0.2) is 30.3 Å². The first kappa shape index (κ1) is 15.3. The van der Waals surface area contributed by atoms with Crippen molar-refractivity contribution in [3.8, 4) is 11.3 Å². The van der Waals surface area contributed by atoms with E-state index in [-0.39, 0.29) is 17.7 Å². The van der Waals surface area contributed by atoms with Gasteiger partial charge < -0.3 is 10.6 Å². The van der Waals surface area contributed by atoms with Crippen molar-refractivity contribution in [3.05, 3.63) is 41.6 Å². The van der Waals surface area contributed by atoms with E-state index in [1.54, 1.807) is 11.0 Å². The minimum Gasteiger partial charge on any atom is -0.369 e. The molecule has 23 heavy (non-hydrogen) atoms. The molecule has 2 amide bonds. The first-order valence-corrected chi connectivity index (χ1v) is 7.75. The highest BCUT2D eigenvalue weighted by atomic mass is 16.2. The Balaban J connectivity index is 1.69. The van der Waals surface area contributed by atoms with Gasteiger partial charge in [0.15, 0.2) is 0 Å². The van der Waals surface area contributed by atoms with E-state index in [1.807, 2.05) is 31.2 Å². The van der Waals surface area contributed by atoms with Crippen LogP contribution in [0.5, 0.6) is 0 Å². The Morgan fingerprint density at radius 3 is 2.48 bits per heavy atom. The Kier molecular flexibility index (Phi) is 4.14. The molecule has 1 aliphatic rings. The van der Waals surface area contributed by atoms with Gasteiger partial charge in [-0.15, -0.1) is 0 Å². The van der Waals surface area contributed by atoms with Crippen molar-refractivity contribution in [2.45, 2.75) is 19.8 Å². The standard InChI is InChI=1S/C17H20N4O2/c1-11-2-4-12(5-3-11)14-10-15(20-19-14)17(23)21-8-6-13(7-9-21)16(18)22/h2-5,10,13H,6-9H2,1H3,(H2,18,22)(H,19,20).